The zero-order valence-corrected chi connectivity index (χ0v) is 17.9. The molecule has 5 nitrogen and oxygen atoms in total. The lowest BCUT2D eigenvalue weighted by Crippen LogP contribution is -2.49. The largest absolute Gasteiger partial charge is 0.372 e. The number of likely N-dealkylation sites (tertiary alicyclic amines) is 1. The number of carbonyl (C=O) groups is 2. The van der Waals surface area contributed by atoms with Crippen LogP contribution in [-0.2, 0) is 16.1 Å². The molecule has 0 saturated carbocycles. The molecule has 0 N–H and O–H groups in total. The third-order valence-corrected chi connectivity index (χ3v) is 5.89. The topological polar surface area (TPSA) is 43.9 Å². The number of carbonyl (C=O) groups excluding carboxylic acids is 2. The summed E-state index contributed by atoms with van der Waals surface area (Å²) in [5.41, 5.74) is 1.95. The summed E-state index contributed by atoms with van der Waals surface area (Å²) in [6.07, 6.45) is 5.53. The first-order valence-corrected chi connectivity index (χ1v) is 10.7. The zero-order chi connectivity index (χ0) is 20.3. The van der Waals surface area contributed by atoms with Crippen molar-refractivity contribution in [3.63, 3.8) is 0 Å². The van der Waals surface area contributed by atoms with Crippen LogP contribution in [0, 0.1) is 5.41 Å². The van der Waals surface area contributed by atoms with Crippen molar-refractivity contribution in [3.05, 3.63) is 29.8 Å². The summed E-state index contributed by atoms with van der Waals surface area (Å²) in [4.78, 5) is 31.7. The van der Waals surface area contributed by atoms with E-state index < -0.39 is 5.41 Å². The molecule has 2 fully saturated rings. The molecule has 0 aliphatic carbocycles. The van der Waals surface area contributed by atoms with Crippen LogP contribution < -0.4 is 4.90 Å². The Bertz CT molecular complexity index is 687. The molecule has 0 spiro atoms. The second kappa shape index (κ2) is 8.54. The van der Waals surface area contributed by atoms with Crippen LogP contribution in [0.4, 0.5) is 5.69 Å². The van der Waals surface area contributed by atoms with Gasteiger partial charge in [-0.25, -0.2) is 0 Å². The van der Waals surface area contributed by atoms with Crippen molar-refractivity contribution >= 4 is 17.5 Å². The van der Waals surface area contributed by atoms with Gasteiger partial charge in [0.05, 0.1) is 0 Å². The number of anilines is 1. The van der Waals surface area contributed by atoms with E-state index in [0.29, 0.717) is 13.1 Å². The summed E-state index contributed by atoms with van der Waals surface area (Å²) in [5.74, 6) is 0.123. The Labute approximate surface area is 169 Å². The highest BCUT2D eigenvalue weighted by atomic mass is 16.2. The summed E-state index contributed by atoms with van der Waals surface area (Å²) in [7, 11) is 1.85. The van der Waals surface area contributed by atoms with Crippen molar-refractivity contribution in [2.45, 2.75) is 65.5 Å². The maximum absolute atomic E-state index is 13.0. The molecule has 154 valence electrons. The predicted octanol–water partition coefficient (Wildman–Crippen LogP) is 3.67. The Kier molecular flexibility index (Phi) is 6.31. The lowest BCUT2D eigenvalue weighted by atomic mass is 9.94. The molecular weight excluding hydrogens is 350 g/mol. The fourth-order valence-electron chi connectivity index (χ4n) is 4.27. The van der Waals surface area contributed by atoms with Gasteiger partial charge >= 0.3 is 0 Å². The van der Waals surface area contributed by atoms with E-state index in [-0.39, 0.29) is 17.9 Å². The van der Waals surface area contributed by atoms with Gasteiger partial charge in [-0.1, -0.05) is 32.9 Å². The van der Waals surface area contributed by atoms with Gasteiger partial charge in [-0.2, -0.15) is 0 Å². The van der Waals surface area contributed by atoms with E-state index in [1.807, 2.05) is 27.8 Å². The normalized spacial score (nSPS) is 20.4. The Hall–Kier alpha value is -2.04. The highest BCUT2D eigenvalue weighted by molar-refractivity contribution is 5.90. The third-order valence-electron chi connectivity index (χ3n) is 5.89. The fraction of sp³-hybridized carbons (Fsp3) is 0.652. The van der Waals surface area contributed by atoms with E-state index in [1.165, 1.54) is 24.9 Å². The first kappa shape index (κ1) is 20.7. The molecule has 1 aromatic rings. The molecule has 0 aromatic heterocycles. The molecule has 2 amide bonds. The van der Waals surface area contributed by atoms with Crippen LogP contribution in [0.15, 0.2) is 24.3 Å². The third kappa shape index (κ3) is 4.68. The second-order valence-electron chi connectivity index (χ2n) is 9.32. The average Bonchev–Trinajstić information content (AvgIpc) is 3.16. The van der Waals surface area contributed by atoms with Crippen LogP contribution in [0.1, 0.15) is 58.4 Å². The number of rotatable bonds is 4. The SMILES string of the molecule is CN(Cc1ccc(N2CCCCC2)cc1)C(=O)C1CCCN1C(=O)C(C)(C)C. The highest BCUT2D eigenvalue weighted by Gasteiger charge is 2.39. The van der Waals surface area contributed by atoms with Crippen molar-refractivity contribution in [3.8, 4) is 0 Å². The molecule has 28 heavy (non-hydrogen) atoms. The van der Waals surface area contributed by atoms with Gasteiger partial charge in [-0.05, 0) is 49.8 Å². The molecule has 1 unspecified atom stereocenters. The van der Waals surface area contributed by atoms with Crippen LogP contribution in [0.25, 0.3) is 0 Å². The van der Waals surface area contributed by atoms with E-state index in [9.17, 15) is 9.59 Å². The number of benzene rings is 1. The van der Waals surface area contributed by atoms with Gasteiger partial charge in [0.2, 0.25) is 11.8 Å². The zero-order valence-electron chi connectivity index (χ0n) is 17.9. The second-order valence-corrected chi connectivity index (χ2v) is 9.32. The average molecular weight is 386 g/mol. The fourth-order valence-corrected chi connectivity index (χ4v) is 4.27. The number of likely N-dealkylation sites (N-methyl/N-ethyl adjacent to an activating group) is 1. The maximum atomic E-state index is 13.0. The van der Waals surface area contributed by atoms with Crippen LogP contribution >= 0.6 is 0 Å². The van der Waals surface area contributed by atoms with E-state index in [0.717, 1.165) is 31.5 Å². The highest BCUT2D eigenvalue weighted by Crippen LogP contribution is 2.27. The first-order valence-electron chi connectivity index (χ1n) is 10.7. The van der Waals surface area contributed by atoms with Crippen LogP contribution in [0.3, 0.4) is 0 Å². The summed E-state index contributed by atoms with van der Waals surface area (Å²) in [5, 5.41) is 0. The number of hydrogen-bond acceptors (Lipinski definition) is 3. The van der Waals surface area contributed by atoms with Crippen LogP contribution in [-0.4, -0.2) is 54.3 Å². The van der Waals surface area contributed by atoms with Crippen LogP contribution in [0.2, 0.25) is 0 Å². The van der Waals surface area contributed by atoms with Gasteiger partial charge < -0.3 is 14.7 Å². The van der Waals surface area contributed by atoms with Crippen LogP contribution in [0.5, 0.6) is 0 Å². The molecule has 0 bridgehead atoms. The van der Waals surface area contributed by atoms with Gasteiger partial charge in [0.25, 0.3) is 0 Å². The lowest BCUT2D eigenvalue weighted by molar-refractivity contribution is -0.148. The van der Waals surface area contributed by atoms with Crippen molar-refractivity contribution < 1.29 is 9.59 Å². The van der Waals surface area contributed by atoms with E-state index in [4.69, 9.17) is 0 Å². The van der Waals surface area contributed by atoms with Gasteiger partial charge in [0.15, 0.2) is 0 Å². The lowest BCUT2D eigenvalue weighted by Gasteiger charge is -2.32. The molecule has 2 aliphatic rings. The number of nitrogens with zero attached hydrogens (tertiary/aromatic N) is 3. The summed E-state index contributed by atoms with van der Waals surface area (Å²) < 4.78 is 0. The Balaban J connectivity index is 1.61. The van der Waals surface area contributed by atoms with Gasteiger partial charge in [0, 0.05) is 44.3 Å². The Morgan fingerprint density at radius 2 is 1.64 bits per heavy atom. The maximum Gasteiger partial charge on any atom is 0.245 e. The molecule has 1 atom stereocenters. The monoisotopic (exact) mass is 385 g/mol. The summed E-state index contributed by atoms with van der Waals surface area (Å²) >= 11 is 0. The van der Waals surface area contributed by atoms with E-state index in [1.54, 1.807) is 9.80 Å². The molecular formula is C23H35N3O2. The van der Waals surface area contributed by atoms with E-state index >= 15 is 0 Å². The first-order chi connectivity index (χ1) is 13.3. The standard InChI is InChI=1S/C23H35N3O2/c1-23(2,3)22(28)26-16-8-9-20(26)21(27)24(4)17-18-10-12-19(13-11-18)25-14-6-5-7-15-25/h10-13,20H,5-9,14-17H2,1-4H3. The van der Waals surface area contributed by atoms with Gasteiger partial charge in [0.1, 0.15) is 6.04 Å². The quantitative estimate of drug-likeness (QED) is 0.794. The Morgan fingerprint density at radius 1 is 1.00 bits per heavy atom. The molecule has 0 radical (unpaired) electrons. The molecule has 2 heterocycles. The van der Waals surface area contributed by atoms with E-state index in [2.05, 4.69) is 29.2 Å². The minimum absolute atomic E-state index is 0.0511. The predicted molar refractivity (Wildman–Crippen MR) is 113 cm³/mol. The number of amides is 2. The molecule has 2 aliphatic heterocycles. The van der Waals surface area contributed by atoms with Gasteiger partial charge in [-0.15, -0.1) is 0 Å². The van der Waals surface area contributed by atoms with Crippen molar-refractivity contribution in [2.24, 2.45) is 5.41 Å². The Morgan fingerprint density at radius 3 is 2.25 bits per heavy atom. The van der Waals surface area contributed by atoms with Gasteiger partial charge in [-0.3, -0.25) is 9.59 Å². The number of piperidine rings is 1. The van der Waals surface area contributed by atoms with Crippen molar-refractivity contribution in [2.75, 3.05) is 31.6 Å². The molecule has 1 aromatic carbocycles. The van der Waals surface area contributed by atoms with Crippen molar-refractivity contribution in [1.82, 2.24) is 9.80 Å². The van der Waals surface area contributed by atoms with Crippen molar-refractivity contribution in [1.29, 1.82) is 0 Å². The minimum Gasteiger partial charge on any atom is -0.372 e. The summed E-state index contributed by atoms with van der Waals surface area (Å²) in [6.45, 7) is 9.29. The summed E-state index contributed by atoms with van der Waals surface area (Å²) in [6, 6.07) is 8.28. The minimum atomic E-state index is -0.453. The molecule has 5 heteroatoms. The smallest absolute Gasteiger partial charge is 0.245 e. The molecule has 3 rings (SSSR count). The number of hydrogen-bond donors (Lipinski definition) is 0. The molecule has 2 saturated heterocycles.